The zero-order valence-electron chi connectivity index (χ0n) is 17.8. The average Bonchev–Trinajstić information content (AvgIpc) is 2.97. The van der Waals surface area contributed by atoms with Gasteiger partial charge in [0.1, 0.15) is 0 Å². The van der Waals surface area contributed by atoms with E-state index in [-0.39, 0.29) is 23.3 Å². The second-order valence-corrected chi connectivity index (χ2v) is 9.50. The molecule has 0 radical (unpaired) electrons. The van der Waals surface area contributed by atoms with E-state index >= 15 is 0 Å². The Morgan fingerprint density at radius 3 is 2.61 bits per heavy atom. The molecule has 31 heavy (non-hydrogen) atoms. The maximum atomic E-state index is 12.7. The van der Waals surface area contributed by atoms with Gasteiger partial charge >= 0.3 is 0 Å². The first-order valence-electron chi connectivity index (χ1n) is 10.6. The third-order valence-corrected chi connectivity index (χ3v) is 6.81. The summed E-state index contributed by atoms with van der Waals surface area (Å²) in [7, 11) is -3.76. The zero-order valence-corrected chi connectivity index (χ0v) is 18.6. The number of carbonyl (C=O) groups excluding carboxylic acids is 2. The molecule has 3 rings (SSSR count). The molecule has 0 atom stereocenters. The van der Waals surface area contributed by atoms with E-state index in [1.165, 1.54) is 12.1 Å². The summed E-state index contributed by atoms with van der Waals surface area (Å²) in [5.74, 6) is -0.222. The fourth-order valence-electron chi connectivity index (χ4n) is 3.55. The Labute approximate surface area is 183 Å². The number of hydrogen-bond acceptors (Lipinski definition) is 4. The number of nitrogens with one attached hydrogen (secondary N) is 2. The van der Waals surface area contributed by atoms with Crippen LogP contribution in [0.3, 0.4) is 0 Å². The molecule has 0 bridgehead atoms. The van der Waals surface area contributed by atoms with Crippen molar-refractivity contribution in [2.24, 2.45) is 0 Å². The van der Waals surface area contributed by atoms with Crippen LogP contribution in [0.5, 0.6) is 0 Å². The first-order chi connectivity index (χ1) is 14.9. The molecular weight excluding hydrogens is 414 g/mol. The number of aryl methyl sites for hydroxylation is 1. The third kappa shape index (κ3) is 6.38. The van der Waals surface area contributed by atoms with Crippen molar-refractivity contribution in [1.82, 2.24) is 14.9 Å². The fourth-order valence-corrected chi connectivity index (χ4v) is 4.59. The second kappa shape index (κ2) is 10.5. The summed E-state index contributed by atoms with van der Waals surface area (Å²) in [5.41, 5.74) is 1.84. The van der Waals surface area contributed by atoms with Crippen molar-refractivity contribution in [3.63, 3.8) is 0 Å². The standard InChI is InChI=1S/C23H29N3O4S/c1-18-11-12-20(31(29,30)25-17-19-8-4-2-5-9-19)16-21(18)23(28)24-13-15-26-14-7-3-6-10-22(26)27/h2,4-5,8-9,11-12,16,25H,3,6-7,10,13-15,17H2,1H3,(H,24,28). The quantitative estimate of drug-likeness (QED) is 0.656. The lowest BCUT2D eigenvalue weighted by molar-refractivity contribution is -0.130. The first kappa shape index (κ1) is 23.0. The predicted molar refractivity (Wildman–Crippen MR) is 119 cm³/mol. The number of hydrogen-bond donors (Lipinski definition) is 2. The molecule has 1 aliphatic rings. The summed E-state index contributed by atoms with van der Waals surface area (Å²) in [5, 5.41) is 2.82. The Morgan fingerprint density at radius 1 is 1.06 bits per heavy atom. The minimum atomic E-state index is -3.76. The Kier molecular flexibility index (Phi) is 7.81. The maximum Gasteiger partial charge on any atom is 0.251 e. The summed E-state index contributed by atoms with van der Waals surface area (Å²) in [4.78, 5) is 26.6. The van der Waals surface area contributed by atoms with Gasteiger partial charge in [-0.3, -0.25) is 9.59 Å². The summed E-state index contributed by atoms with van der Waals surface area (Å²) in [6.07, 6.45) is 3.51. The fraction of sp³-hybridized carbons (Fsp3) is 0.391. The van der Waals surface area contributed by atoms with Crippen molar-refractivity contribution in [3.05, 3.63) is 65.2 Å². The van der Waals surface area contributed by atoms with Crippen LogP contribution in [0.15, 0.2) is 53.4 Å². The van der Waals surface area contributed by atoms with Crippen LogP contribution in [0.25, 0.3) is 0 Å². The molecule has 0 unspecified atom stereocenters. The molecule has 1 aliphatic heterocycles. The van der Waals surface area contributed by atoms with E-state index in [2.05, 4.69) is 10.0 Å². The number of carbonyl (C=O) groups is 2. The van der Waals surface area contributed by atoms with Crippen LogP contribution < -0.4 is 10.0 Å². The monoisotopic (exact) mass is 443 g/mol. The number of likely N-dealkylation sites (tertiary alicyclic amines) is 1. The van der Waals surface area contributed by atoms with Crippen LogP contribution in [0.2, 0.25) is 0 Å². The molecule has 1 fully saturated rings. The first-order valence-corrected chi connectivity index (χ1v) is 12.1. The van der Waals surface area contributed by atoms with E-state index in [0.717, 1.165) is 24.8 Å². The van der Waals surface area contributed by atoms with Crippen molar-refractivity contribution in [1.29, 1.82) is 0 Å². The lowest BCUT2D eigenvalue weighted by Gasteiger charge is -2.20. The summed E-state index contributed by atoms with van der Waals surface area (Å²) in [6, 6.07) is 13.8. The molecule has 7 nitrogen and oxygen atoms in total. The molecule has 166 valence electrons. The van der Waals surface area contributed by atoms with Crippen LogP contribution in [-0.2, 0) is 21.4 Å². The van der Waals surface area contributed by atoms with Gasteiger partial charge in [-0.25, -0.2) is 13.1 Å². The molecule has 2 N–H and O–H groups in total. The Hall–Kier alpha value is -2.71. The molecule has 2 aromatic carbocycles. The van der Waals surface area contributed by atoms with E-state index in [1.54, 1.807) is 17.9 Å². The average molecular weight is 444 g/mol. The van der Waals surface area contributed by atoms with Gasteiger partial charge in [-0.15, -0.1) is 0 Å². The van der Waals surface area contributed by atoms with Crippen LogP contribution in [0.1, 0.15) is 47.2 Å². The number of sulfonamides is 1. The number of rotatable bonds is 8. The van der Waals surface area contributed by atoms with Gasteiger partial charge in [0.25, 0.3) is 5.91 Å². The maximum absolute atomic E-state index is 12.7. The highest BCUT2D eigenvalue weighted by atomic mass is 32.2. The molecule has 0 aliphatic carbocycles. The summed E-state index contributed by atoms with van der Waals surface area (Å²) < 4.78 is 28.0. The molecule has 0 spiro atoms. The van der Waals surface area contributed by atoms with Gasteiger partial charge in [-0.05, 0) is 43.0 Å². The smallest absolute Gasteiger partial charge is 0.251 e. The van der Waals surface area contributed by atoms with E-state index in [1.807, 2.05) is 30.3 Å². The van der Waals surface area contributed by atoms with Crippen molar-refractivity contribution < 1.29 is 18.0 Å². The van der Waals surface area contributed by atoms with E-state index in [4.69, 9.17) is 0 Å². The van der Waals surface area contributed by atoms with Crippen molar-refractivity contribution in [3.8, 4) is 0 Å². The molecule has 2 amide bonds. The number of benzene rings is 2. The predicted octanol–water partition coefficient (Wildman–Crippen LogP) is 2.61. The summed E-state index contributed by atoms with van der Waals surface area (Å²) >= 11 is 0. The van der Waals surface area contributed by atoms with E-state index in [9.17, 15) is 18.0 Å². The van der Waals surface area contributed by atoms with Crippen molar-refractivity contribution in [2.45, 2.75) is 44.0 Å². The highest BCUT2D eigenvalue weighted by molar-refractivity contribution is 7.89. The normalized spacial score (nSPS) is 14.9. The molecule has 0 saturated carbocycles. The van der Waals surface area contributed by atoms with Gasteiger partial charge in [0, 0.05) is 38.2 Å². The third-order valence-electron chi connectivity index (χ3n) is 5.41. The van der Waals surface area contributed by atoms with Crippen LogP contribution in [0.4, 0.5) is 0 Å². The van der Waals surface area contributed by atoms with Crippen LogP contribution in [-0.4, -0.2) is 44.8 Å². The molecular formula is C23H29N3O4S. The SMILES string of the molecule is Cc1ccc(S(=O)(=O)NCc2ccccc2)cc1C(=O)NCCN1CCCCCC1=O. The molecule has 0 aromatic heterocycles. The molecule has 1 heterocycles. The lowest BCUT2D eigenvalue weighted by Crippen LogP contribution is -2.38. The van der Waals surface area contributed by atoms with Gasteiger partial charge in [0.2, 0.25) is 15.9 Å². The lowest BCUT2D eigenvalue weighted by atomic mass is 10.1. The molecule has 1 saturated heterocycles. The van der Waals surface area contributed by atoms with Crippen LogP contribution >= 0.6 is 0 Å². The van der Waals surface area contributed by atoms with Gasteiger partial charge in [0.15, 0.2) is 0 Å². The van der Waals surface area contributed by atoms with Gasteiger partial charge in [-0.1, -0.05) is 42.8 Å². The van der Waals surface area contributed by atoms with Crippen molar-refractivity contribution >= 4 is 21.8 Å². The Morgan fingerprint density at radius 2 is 1.84 bits per heavy atom. The largest absolute Gasteiger partial charge is 0.350 e. The Bertz CT molecular complexity index is 1020. The number of nitrogens with zero attached hydrogens (tertiary/aromatic N) is 1. The van der Waals surface area contributed by atoms with Gasteiger partial charge in [-0.2, -0.15) is 0 Å². The topological polar surface area (TPSA) is 95.6 Å². The molecule has 8 heteroatoms. The summed E-state index contributed by atoms with van der Waals surface area (Å²) in [6.45, 7) is 3.44. The number of amides is 2. The molecule has 2 aromatic rings. The van der Waals surface area contributed by atoms with E-state index < -0.39 is 10.0 Å². The van der Waals surface area contributed by atoms with Crippen LogP contribution in [0, 0.1) is 6.92 Å². The minimum absolute atomic E-state index is 0.0434. The highest BCUT2D eigenvalue weighted by Gasteiger charge is 2.19. The van der Waals surface area contributed by atoms with Gasteiger partial charge < -0.3 is 10.2 Å². The van der Waals surface area contributed by atoms with E-state index in [0.29, 0.717) is 37.2 Å². The van der Waals surface area contributed by atoms with Crippen molar-refractivity contribution in [2.75, 3.05) is 19.6 Å². The highest BCUT2D eigenvalue weighted by Crippen LogP contribution is 2.16. The van der Waals surface area contributed by atoms with Gasteiger partial charge in [0.05, 0.1) is 4.90 Å². The zero-order chi connectivity index (χ0) is 22.3. The minimum Gasteiger partial charge on any atom is -0.350 e. The second-order valence-electron chi connectivity index (χ2n) is 7.73. The Balaban J connectivity index is 1.62.